The van der Waals surface area contributed by atoms with Gasteiger partial charge in [-0.1, -0.05) is 35.9 Å². The molecular formula is C21H18ClNO4. The van der Waals surface area contributed by atoms with Gasteiger partial charge < -0.3 is 9.47 Å². The predicted molar refractivity (Wildman–Crippen MR) is 104 cm³/mol. The van der Waals surface area contributed by atoms with Gasteiger partial charge in [0, 0.05) is 16.0 Å². The van der Waals surface area contributed by atoms with Crippen LogP contribution in [0.25, 0.3) is 22.2 Å². The zero-order valence-electron chi connectivity index (χ0n) is 15.2. The van der Waals surface area contributed by atoms with Crippen molar-refractivity contribution in [2.24, 2.45) is 0 Å². The molecule has 0 aliphatic rings. The van der Waals surface area contributed by atoms with Crippen molar-refractivity contribution >= 4 is 34.4 Å². The molecule has 0 N–H and O–H groups in total. The summed E-state index contributed by atoms with van der Waals surface area (Å²) < 4.78 is 9.65. The van der Waals surface area contributed by atoms with Crippen LogP contribution >= 0.6 is 11.6 Å². The van der Waals surface area contributed by atoms with Gasteiger partial charge in [0.05, 0.1) is 25.4 Å². The number of ether oxygens (including phenoxy) is 2. The second-order valence-corrected chi connectivity index (χ2v) is 6.66. The van der Waals surface area contributed by atoms with Gasteiger partial charge in [0.15, 0.2) is 5.41 Å². The van der Waals surface area contributed by atoms with E-state index in [1.165, 1.54) is 21.1 Å². The monoisotopic (exact) mass is 383 g/mol. The normalized spacial score (nSPS) is 11.3. The van der Waals surface area contributed by atoms with Crippen LogP contribution in [0.4, 0.5) is 0 Å². The van der Waals surface area contributed by atoms with Crippen molar-refractivity contribution in [3.8, 4) is 11.3 Å². The highest BCUT2D eigenvalue weighted by Gasteiger charge is 2.45. The van der Waals surface area contributed by atoms with Crippen LogP contribution in [0.2, 0.25) is 5.02 Å². The van der Waals surface area contributed by atoms with E-state index in [2.05, 4.69) is 4.98 Å². The molecule has 0 saturated heterocycles. The first-order valence-electron chi connectivity index (χ1n) is 8.24. The van der Waals surface area contributed by atoms with Gasteiger partial charge in [-0.25, -0.2) is 4.98 Å². The highest BCUT2D eigenvalue weighted by molar-refractivity contribution is 6.30. The van der Waals surface area contributed by atoms with E-state index in [0.717, 1.165) is 22.2 Å². The second kappa shape index (κ2) is 7.37. The van der Waals surface area contributed by atoms with E-state index in [-0.39, 0.29) is 0 Å². The van der Waals surface area contributed by atoms with Crippen molar-refractivity contribution in [2.75, 3.05) is 14.2 Å². The van der Waals surface area contributed by atoms with E-state index in [1.54, 1.807) is 18.2 Å². The van der Waals surface area contributed by atoms with Crippen molar-refractivity contribution in [2.45, 2.75) is 12.3 Å². The van der Waals surface area contributed by atoms with Crippen LogP contribution in [0.15, 0.2) is 54.6 Å². The Morgan fingerprint density at radius 1 is 0.926 bits per heavy atom. The van der Waals surface area contributed by atoms with E-state index in [4.69, 9.17) is 21.1 Å². The number of methoxy groups -OCH3 is 2. The smallest absolute Gasteiger partial charge is 0.327 e. The molecule has 27 heavy (non-hydrogen) atoms. The molecule has 1 heterocycles. The summed E-state index contributed by atoms with van der Waals surface area (Å²) in [5.41, 5.74) is 1.42. The van der Waals surface area contributed by atoms with E-state index in [9.17, 15) is 9.59 Å². The van der Waals surface area contributed by atoms with Crippen molar-refractivity contribution in [1.29, 1.82) is 0 Å². The van der Waals surface area contributed by atoms with Gasteiger partial charge in [0.25, 0.3) is 0 Å². The summed E-state index contributed by atoms with van der Waals surface area (Å²) in [5.74, 6) is -1.36. The number of rotatable bonds is 4. The number of aromatic nitrogens is 1. The summed E-state index contributed by atoms with van der Waals surface area (Å²) in [6.07, 6.45) is 0. The lowest BCUT2D eigenvalue weighted by molar-refractivity contribution is -0.160. The number of hydrogen-bond donors (Lipinski definition) is 0. The minimum absolute atomic E-state index is 0.481. The van der Waals surface area contributed by atoms with Crippen molar-refractivity contribution in [3.05, 3.63) is 65.2 Å². The van der Waals surface area contributed by atoms with Crippen molar-refractivity contribution in [3.63, 3.8) is 0 Å². The summed E-state index contributed by atoms with van der Waals surface area (Å²) in [7, 11) is 2.48. The summed E-state index contributed by atoms with van der Waals surface area (Å²) in [5, 5.41) is 1.46. The standard InChI is InChI=1S/C21H18ClNO4/c1-21(19(24)26-2,20(25)27-3)15-7-11-18-14(12-15)6-10-17(23-18)13-4-8-16(22)9-5-13/h4-12H,1-3H3. The molecule has 0 aliphatic heterocycles. The number of halogens is 1. The lowest BCUT2D eigenvalue weighted by Gasteiger charge is -2.24. The third kappa shape index (κ3) is 3.38. The molecule has 3 aromatic rings. The van der Waals surface area contributed by atoms with Crippen molar-refractivity contribution in [1.82, 2.24) is 4.98 Å². The fraction of sp³-hybridized carbons (Fsp3) is 0.190. The molecule has 0 fully saturated rings. The fourth-order valence-electron chi connectivity index (χ4n) is 2.95. The lowest BCUT2D eigenvalue weighted by atomic mass is 9.82. The molecule has 0 amide bonds. The second-order valence-electron chi connectivity index (χ2n) is 6.22. The average Bonchev–Trinajstić information content (AvgIpc) is 2.71. The van der Waals surface area contributed by atoms with Crippen molar-refractivity contribution < 1.29 is 19.1 Å². The molecule has 0 radical (unpaired) electrons. The molecule has 0 unspecified atom stereocenters. The Balaban J connectivity index is 2.07. The first-order chi connectivity index (χ1) is 12.9. The van der Waals surface area contributed by atoms with E-state index < -0.39 is 17.4 Å². The maximum Gasteiger partial charge on any atom is 0.327 e. The summed E-state index contributed by atoms with van der Waals surface area (Å²) in [4.78, 5) is 29.2. The number of hydrogen-bond acceptors (Lipinski definition) is 5. The number of carbonyl (C=O) groups is 2. The zero-order chi connectivity index (χ0) is 19.6. The Labute approximate surface area is 161 Å². The maximum absolute atomic E-state index is 12.3. The van der Waals surface area contributed by atoms with Gasteiger partial charge in [-0.3, -0.25) is 9.59 Å². The van der Waals surface area contributed by atoms with Crippen LogP contribution in [0, 0.1) is 0 Å². The Morgan fingerprint density at radius 2 is 1.56 bits per heavy atom. The molecule has 0 aliphatic carbocycles. The minimum atomic E-state index is -1.55. The molecule has 2 aromatic carbocycles. The maximum atomic E-state index is 12.3. The molecule has 1 aromatic heterocycles. The lowest BCUT2D eigenvalue weighted by Crippen LogP contribution is -2.42. The average molecular weight is 384 g/mol. The van der Waals surface area contributed by atoms with Gasteiger partial charge in [-0.15, -0.1) is 0 Å². The first-order valence-corrected chi connectivity index (χ1v) is 8.62. The van der Waals surface area contributed by atoms with Crippen LogP contribution < -0.4 is 0 Å². The zero-order valence-corrected chi connectivity index (χ0v) is 15.9. The molecule has 6 heteroatoms. The van der Waals surface area contributed by atoms with Gasteiger partial charge >= 0.3 is 11.9 Å². The van der Waals surface area contributed by atoms with E-state index >= 15 is 0 Å². The van der Waals surface area contributed by atoms with Crippen LogP contribution in [0.3, 0.4) is 0 Å². The number of benzene rings is 2. The Kier molecular flexibility index (Phi) is 5.15. The number of nitrogens with zero attached hydrogens (tertiary/aromatic N) is 1. The molecule has 5 nitrogen and oxygen atoms in total. The first kappa shape index (κ1) is 18.9. The largest absolute Gasteiger partial charge is 0.468 e. The van der Waals surface area contributed by atoms with E-state index in [1.807, 2.05) is 36.4 Å². The van der Waals surface area contributed by atoms with Gasteiger partial charge in [0.1, 0.15) is 0 Å². The molecule has 138 valence electrons. The Bertz CT molecular complexity index is 998. The SMILES string of the molecule is COC(=O)C(C)(C(=O)OC)c1ccc2nc(-c3ccc(Cl)cc3)ccc2c1. The quantitative estimate of drug-likeness (QED) is 0.500. The van der Waals surface area contributed by atoms with Gasteiger partial charge in [0.2, 0.25) is 0 Å². The molecule has 0 atom stereocenters. The van der Waals surface area contributed by atoms with Crippen LogP contribution in [-0.2, 0) is 24.5 Å². The molecule has 0 saturated carbocycles. The fourth-order valence-corrected chi connectivity index (χ4v) is 3.07. The van der Waals surface area contributed by atoms with E-state index in [0.29, 0.717) is 10.6 Å². The summed E-state index contributed by atoms with van der Waals surface area (Å²) in [6.45, 7) is 1.49. The molecular weight excluding hydrogens is 366 g/mol. The Morgan fingerprint density at radius 3 is 2.15 bits per heavy atom. The Hall–Kier alpha value is -2.92. The molecule has 0 spiro atoms. The number of esters is 2. The van der Waals surface area contributed by atoms with Crippen LogP contribution in [0.5, 0.6) is 0 Å². The molecule has 0 bridgehead atoms. The summed E-state index contributed by atoms with van der Waals surface area (Å²) in [6, 6.07) is 16.4. The molecule has 3 rings (SSSR count). The minimum Gasteiger partial charge on any atom is -0.468 e. The third-order valence-corrected chi connectivity index (χ3v) is 4.85. The van der Waals surface area contributed by atoms with Crippen LogP contribution in [-0.4, -0.2) is 31.1 Å². The number of carbonyl (C=O) groups excluding carboxylic acids is 2. The third-order valence-electron chi connectivity index (χ3n) is 4.59. The predicted octanol–water partition coefficient (Wildman–Crippen LogP) is 4.16. The van der Waals surface area contributed by atoms with Gasteiger partial charge in [-0.2, -0.15) is 0 Å². The highest BCUT2D eigenvalue weighted by Crippen LogP contribution is 2.30. The summed E-state index contributed by atoms with van der Waals surface area (Å²) >= 11 is 5.93. The topological polar surface area (TPSA) is 65.5 Å². The highest BCUT2D eigenvalue weighted by atomic mass is 35.5. The van der Waals surface area contributed by atoms with Crippen LogP contribution in [0.1, 0.15) is 12.5 Å². The number of fused-ring (bicyclic) bond motifs is 1. The van der Waals surface area contributed by atoms with Gasteiger partial charge in [-0.05, 0) is 42.8 Å². The number of pyridine rings is 1.